The highest BCUT2D eigenvalue weighted by Crippen LogP contribution is 2.23. The van der Waals surface area contributed by atoms with E-state index in [1.807, 2.05) is 20.8 Å². The maximum atomic E-state index is 12.5. The van der Waals surface area contributed by atoms with Gasteiger partial charge in [-0.25, -0.2) is 9.48 Å². The molecule has 2 aliphatic rings. The van der Waals surface area contributed by atoms with Crippen molar-refractivity contribution in [2.24, 2.45) is 0 Å². The molecule has 25 heavy (non-hydrogen) atoms. The van der Waals surface area contributed by atoms with Gasteiger partial charge >= 0.3 is 6.03 Å². The fraction of sp³-hybridized carbons (Fsp3) is 0.706. The predicted molar refractivity (Wildman–Crippen MR) is 93.3 cm³/mol. The van der Waals surface area contributed by atoms with Crippen LogP contribution in [-0.4, -0.2) is 46.5 Å². The Morgan fingerprint density at radius 3 is 2.88 bits per heavy atom. The summed E-state index contributed by atoms with van der Waals surface area (Å²) < 4.78 is 7.49. The molecule has 0 aromatic carbocycles. The molecule has 1 unspecified atom stereocenters. The largest absolute Gasteiger partial charge is 0.376 e. The van der Waals surface area contributed by atoms with E-state index in [9.17, 15) is 9.59 Å². The Kier molecular flexibility index (Phi) is 4.99. The summed E-state index contributed by atoms with van der Waals surface area (Å²) in [4.78, 5) is 24.2. The standard InChI is InChI=1S/C17H27N5O3/c1-17(2,3)22-13(8-9-18-22)20-16(24)19-11-6-7-14(23)21-15(11)12-5-4-10-25-12/h8-9,11-12,15H,4-7,10H2,1-3H3,(H,21,23)(H2,19,20,24)/t11-,12?,15-/m1/s1. The smallest absolute Gasteiger partial charge is 0.320 e. The monoisotopic (exact) mass is 349 g/mol. The van der Waals surface area contributed by atoms with Gasteiger partial charge in [0.2, 0.25) is 5.91 Å². The molecule has 0 aliphatic carbocycles. The number of nitrogens with one attached hydrogen (secondary N) is 3. The van der Waals surface area contributed by atoms with Crippen LogP contribution in [0, 0.1) is 0 Å². The van der Waals surface area contributed by atoms with Gasteiger partial charge in [-0.3, -0.25) is 10.1 Å². The summed E-state index contributed by atoms with van der Waals surface area (Å²) >= 11 is 0. The van der Waals surface area contributed by atoms with E-state index in [0.29, 0.717) is 25.3 Å². The molecule has 0 saturated carbocycles. The van der Waals surface area contributed by atoms with Crippen molar-refractivity contribution in [1.82, 2.24) is 20.4 Å². The van der Waals surface area contributed by atoms with Crippen molar-refractivity contribution in [2.75, 3.05) is 11.9 Å². The third-order valence-electron chi connectivity index (χ3n) is 4.65. The van der Waals surface area contributed by atoms with Gasteiger partial charge in [0, 0.05) is 19.1 Å². The van der Waals surface area contributed by atoms with E-state index in [4.69, 9.17) is 4.74 Å². The molecule has 0 radical (unpaired) electrons. The van der Waals surface area contributed by atoms with Crippen LogP contribution in [0.3, 0.4) is 0 Å². The molecule has 138 valence electrons. The molecular weight excluding hydrogens is 322 g/mol. The normalized spacial score (nSPS) is 27.0. The zero-order chi connectivity index (χ0) is 18.0. The van der Waals surface area contributed by atoms with Crippen molar-refractivity contribution in [1.29, 1.82) is 0 Å². The number of ether oxygens (including phenoxy) is 1. The van der Waals surface area contributed by atoms with Crippen LogP contribution in [0.5, 0.6) is 0 Å². The number of rotatable bonds is 3. The average molecular weight is 349 g/mol. The third kappa shape index (κ3) is 4.12. The van der Waals surface area contributed by atoms with Crippen LogP contribution in [0.2, 0.25) is 0 Å². The maximum Gasteiger partial charge on any atom is 0.320 e. The highest BCUT2D eigenvalue weighted by Gasteiger charge is 2.37. The average Bonchev–Trinajstić information content (AvgIpc) is 3.19. The van der Waals surface area contributed by atoms with E-state index >= 15 is 0 Å². The minimum Gasteiger partial charge on any atom is -0.376 e. The molecule has 2 aliphatic heterocycles. The minimum atomic E-state index is -0.296. The third-order valence-corrected chi connectivity index (χ3v) is 4.65. The first-order valence-corrected chi connectivity index (χ1v) is 8.87. The van der Waals surface area contributed by atoms with Crippen LogP contribution >= 0.6 is 0 Å². The molecule has 8 nitrogen and oxygen atoms in total. The highest BCUT2D eigenvalue weighted by atomic mass is 16.5. The Balaban J connectivity index is 1.65. The van der Waals surface area contributed by atoms with Crippen molar-refractivity contribution >= 4 is 17.8 Å². The van der Waals surface area contributed by atoms with Gasteiger partial charge in [-0.2, -0.15) is 5.10 Å². The Morgan fingerprint density at radius 1 is 1.40 bits per heavy atom. The van der Waals surface area contributed by atoms with E-state index in [0.717, 1.165) is 12.8 Å². The number of nitrogens with zero attached hydrogens (tertiary/aromatic N) is 2. The summed E-state index contributed by atoms with van der Waals surface area (Å²) in [5.74, 6) is 0.656. The predicted octanol–water partition coefficient (Wildman–Crippen LogP) is 1.59. The van der Waals surface area contributed by atoms with Gasteiger partial charge in [0.15, 0.2) is 0 Å². The Morgan fingerprint density at radius 2 is 2.20 bits per heavy atom. The molecule has 2 fully saturated rings. The maximum absolute atomic E-state index is 12.5. The lowest BCUT2D eigenvalue weighted by atomic mass is 9.92. The van der Waals surface area contributed by atoms with E-state index in [-0.39, 0.29) is 35.7 Å². The van der Waals surface area contributed by atoms with Crippen LogP contribution in [0.15, 0.2) is 12.3 Å². The molecule has 0 spiro atoms. The van der Waals surface area contributed by atoms with Gasteiger partial charge in [-0.15, -0.1) is 0 Å². The number of carbonyl (C=O) groups excluding carboxylic acids is 2. The van der Waals surface area contributed by atoms with Gasteiger partial charge in [-0.05, 0) is 40.0 Å². The van der Waals surface area contributed by atoms with Crippen LogP contribution in [0.1, 0.15) is 46.5 Å². The second kappa shape index (κ2) is 7.03. The number of piperidine rings is 1. The van der Waals surface area contributed by atoms with Crippen molar-refractivity contribution in [3.63, 3.8) is 0 Å². The topological polar surface area (TPSA) is 97.3 Å². The van der Waals surface area contributed by atoms with E-state index in [1.165, 1.54) is 0 Å². The molecule has 3 amide bonds. The quantitative estimate of drug-likeness (QED) is 0.772. The fourth-order valence-corrected chi connectivity index (χ4v) is 3.48. The second-order valence-corrected chi connectivity index (χ2v) is 7.69. The zero-order valence-electron chi connectivity index (χ0n) is 15.0. The summed E-state index contributed by atoms with van der Waals surface area (Å²) in [6.45, 7) is 6.77. The number of aromatic nitrogens is 2. The SMILES string of the molecule is CC(C)(C)n1nccc1NC(=O)N[C@@H]1CCC(=O)N[C@H]1C1CCCO1. The zero-order valence-corrected chi connectivity index (χ0v) is 15.0. The van der Waals surface area contributed by atoms with Gasteiger partial charge in [0.25, 0.3) is 0 Å². The number of hydrogen-bond donors (Lipinski definition) is 3. The lowest BCUT2D eigenvalue weighted by Gasteiger charge is -2.36. The van der Waals surface area contributed by atoms with Gasteiger partial charge in [0.1, 0.15) is 5.82 Å². The van der Waals surface area contributed by atoms with Crippen molar-refractivity contribution in [3.8, 4) is 0 Å². The molecule has 3 rings (SSSR count). The fourth-order valence-electron chi connectivity index (χ4n) is 3.48. The Labute approximate surface area is 147 Å². The molecule has 1 aromatic rings. The summed E-state index contributed by atoms with van der Waals surface area (Å²) in [5.41, 5.74) is -0.231. The Hall–Kier alpha value is -2.09. The summed E-state index contributed by atoms with van der Waals surface area (Å²) in [6.07, 6.45) is 4.55. The summed E-state index contributed by atoms with van der Waals surface area (Å²) in [5, 5.41) is 13.1. The summed E-state index contributed by atoms with van der Waals surface area (Å²) in [7, 11) is 0. The number of hydrogen-bond acceptors (Lipinski definition) is 4. The number of amides is 3. The van der Waals surface area contributed by atoms with Crippen LogP contribution in [0.25, 0.3) is 0 Å². The molecule has 3 N–H and O–H groups in total. The number of carbonyl (C=O) groups is 2. The molecule has 1 aromatic heterocycles. The first kappa shape index (κ1) is 17.7. The molecular formula is C17H27N5O3. The van der Waals surface area contributed by atoms with Crippen molar-refractivity contribution < 1.29 is 14.3 Å². The van der Waals surface area contributed by atoms with E-state index in [2.05, 4.69) is 21.0 Å². The minimum absolute atomic E-state index is 0.0183. The molecule has 2 saturated heterocycles. The first-order chi connectivity index (χ1) is 11.8. The van der Waals surface area contributed by atoms with Crippen LogP contribution < -0.4 is 16.0 Å². The van der Waals surface area contributed by atoms with Crippen LogP contribution in [-0.2, 0) is 15.1 Å². The van der Waals surface area contributed by atoms with Gasteiger partial charge in [-0.1, -0.05) is 0 Å². The van der Waals surface area contributed by atoms with Crippen LogP contribution in [0.4, 0.5) is 10.6 Å². The lowest BCUT2D eigenvalue weighted by Crippen LogP contribution is -2.60. The van der Waals surface area contributed by atoms with E-state index < -0.39 is 0 Å². The molecule has 3 heterocycles. The molecule has 3 atom stereocenters. The van der Waals surface area contributed by atoms with Crippen molar-refractivity contribution in [3.05, 3.63) is 12.3 Å². The lowest BCUT2D eigenvalue weighted by molar-refractivity contribution is -0.125. The number of urea groups is 1. The first-order valence-electron chi connectivity index (χ1n) is 8.87. The summed E-state index contributed by atoms with van der Waals surface area (Å²) in [6, 6.07) is 1.15. The van der Waals surface area contributed by atoms with Gasteiger partial charge < -0.3 is 15.4 Å². The highest BCUT2D eigenvalue weighted by molar-refractivity contribution is 5.89. The molecule has 8 heteroatoms. The molecule has 0 bridgehead atoms. The second-order valence-electron chi connectivity index (χ2n) is 7.69. The van der Waals surface area contributed by atoms with Crippen molar-refractivity contribution in [2.45, 2.75) is 70.2 Å². The van der Waals surface area contributed by atoms with Gasteiger partial charge in [0.05, 0.1) is 29.9 Å². The Bertz CT molecular complexity index is 630. The number of anilines is 1. The van der Waals surface area contributed by atoms with E-state index in [1.54, 1.807) is 16.9 Å².